The van der Waals surface area contributed by atoms with Gasteiger partial charge in [0.15, 0.2) is 6.61 Å². The highest BCUT2D eigenvalue weighted by Gasteiger charge is 2.36. The molecule has 200 valence electrons. The Labute approximate surface area is 221 Å². The minimum atomic E-state index is 0.0200. The van der Waals surface area contributed by atoms with Crippen LogP contribution in [0.25, 0.3) is 0 Å². The lowest BCUT2D eigenvalue weighted by Gasteiger charge is -2.42. The number of anilines is 1. The number of nitrogens with one attached hydrogen (secondary N) is 1. The van der Waals surface area contributed by atoms with Gasteiger partial charge in [0.05, 0.1) is 6.61 Å². The van der Waals surface area contributed by atoms with Crippen LogP contribution in [0.2, 0.25) is 0 Å². The maximum absolute atomic E-state index is 12.9. The van der Waals surface area contributed by atoms with Crippen molar-refractivity contribution in [3.63, 3.8) is 0 Å². The van der Waals surface area contributed by atoms with Crippen LogP contribution < -0.4 is 19.7 Å². The maximum Gasteiger partial charge on any atom is 0.260 e. The molecule has 2 heterocycles. The molecular weight excluding hydrogens is 466 g/mol. The van der Waals surface area contributed by atoms with E-state index in [-0.39, 0.29) is 23.8 Å². The van der Waals surface area contributed by atoms with E-state index in [1.165, 1.54) is 5.56 Å². The van der Waals surface area contributed by atoms with Gasteiger partial charge in [-0.15, -0.1) is 0 Å². The predicted octanol–water partition coefficient (Wildman–Crippen LogP) is 4.44. The van der Waals surface area contributed by atoms with E-state index in [4.69, 9.17) is 9.47 Å². The molecule has 7 heteroatoms. The van der Waals surface area contributed by atoms with Crippen LogP contribution in [-0.4, -0.2) is 63.7 Å². The average molecular weight is 508 g/mol. The number of para-hydroxylation sites is 1. The zero-order chi connectivity index (χ0) is 26.1. The number of aryl methyl sites for hydroxylation is 1. The molecule has 2 aliphatic heterocycles. The minimum absolute atomic E-state index is 0.0200. The first-order chi connectivity index (χ1) is 17.9. The number of hydrogen-bond acceptors (Lipinski definition) is 5. The van der Waals surface area contributed by atoms with E-state index in [9.17, 15) is 9.59 Å². The molecule has 0 radical (unpaired) electrons. The summed E-state index contributed by atoms with van der Waals surface area (Å²) < 4.78 is 11.8. The number of rotatable bonds is 4. The van der Waals surface area contributed by atoms with Gasteiger partial charge < -0.3 is 24.6 Å². The first-order valence-corrected chi connectivity index (χ1v) is 13.6. The molecule has 1 spiro atoms. The van der Waals surface area contributed by atoms with Crippen LogP contribution in [0.5, 0.6) is 11.5 Å². The van der Waals surface area contributed by atoms with Crippen molar-refractivity contribution in [1.82, 2.24) is 10.2 Å². The highest BCUT2D eigenvalue weighted by molar-refractivity contribution is 5.78. The molecule has 0 aliphatic carbocycles. The first-order valence-electron chi connectivity index (χ1n) is 13.6. The Hall–Kier alpha value is -3.22. The van der Waals surface area contributed by atoms with Crippen LogP contribution in [0.4, 0.5) is 5.69 Å². The summed E-state index contributed by atoms with van der Waals surface area (Å²) in [7, 11) is 3.96. The minimum Gasteiger partial charge on any atom is -0.493 e. The third-order valence-corrected chi connectivity index (χ3v) is 7.72. The Balaban J connectivity index is 1.32. The molecule has 7 nitrogen and oxygen atoms in total. The molecule has 1 fully saturated rings. The molecule has 37 heavy (non-hydrogen) atoms. The number of fused-ring (bicyclic) bond motifs is 1. The number of piperidine rings is 1. The Kier molecular flexibility index (Phi) is 9.31. The zero-order valence-electron chi connectivity index (χ0n) is 22.3. The lowest BCUT2D eigenvalue weighted by molar-refractivity contribution is -0.136. The fraction of sp³-hybridized carbons (Fsp3) is 0.533. The van der Waals surface area contributed by atoms with Crippen molar-refractivity contribution >= 4 is 17.5 Å². The third kappa shape index (κ3) is 7.63. The topological polar surface area (TPSA) is 71.1 Å². The second kappa shape index (κ2) is 12.8. The molecule has 1 saturated heterocycles. The second-order valence-corrected chi connectivity index (χ2v) is 10.6. The van der Waals surface area contributed by atoms with Gasteiger partial charge in [0.25, 0.3) is 5.91 Å². The number of amides is 2. The van der Waals surface area contributed by atoms with Gasteiger partial charge in [0, 0.05) is 51.9 Å². The molecule has 4 rings (SSSR count). The van der Waals surface area contributed by atoms with E-state index in [1.54, 1.807) is 0 Å². The van der Waals surface area contributed by atoms with Crippen LogP contribution in [-0.2, 0) is 16.0 Å². The number of carbonyl (C=O) groups excluding carboxylic acids is 2. The largest absolute Gasteiger partial charge is 0.493 e. The summed E-state index contributed by atoms with van der Waals surface area (Å²) >= 11 is 0. The van der Waals surface area contributed by atoms with E-state index in [0.29, 0.717) is 44.8 Å². The Morgan fingerprint density at radius 2 is 1.84 bits per heavy atom. The molecule has 2 aromatic carbocycles. The normalized spacial score (nSPS) is 18.6. The van der Waals surface area contributed by atoms with Crippen LogP contribution in [0.3, 0.4) is 0 Å². The maximum atomic E-state index is 12.9. The average Bonchev–Trinajstić information content (AvgIpc) is 2.92. The van der Waals surface area contributed by atoms with Gasteiger partial charge in [0.1, 0.15) is 11.5 Å². The Morgan fingerprint density at radius 3 is 2.65 bits per heavy atom. The molecule has 2 amide bonds. The van der Waals surface area contributed by atoms with Crippen molar-refractivity contribution in [3.8, 4) is 11.5 Å². The summed E-state index contributed by atoms with van der Waals surface area (Å²) in [5, 5.41) is 3.19. The quantitative estimate of drug-likeness (QED) is 0.663. The molecule has 0 unspecified atom stereocenters. The molecule has 2 aromatic rings. The molecule has 2 aliphatic rings. The summed E-state index contributed by atoms with van der Waals surface area (Å²) in [5.41, 5.74) is 2.32. The summed E-state index contributed by atoms with van der Waals surface area (Å²) in [6.07, 6.45) is 7.18. The van der Waals surface area contributed by atoms with Crippen LogP contribution in [0.15, 0.2) is 48.5 Å². The fourth-order valence-electron chi connectivity index (χ4n) is 5.29. The molecular formula is C30H41N3O4. The van der Waals surface area contributed by atoms with Crippen LogP contribution >= 0.6 is 0 Å². The monoisotopic (exact) mass is 507 g/mol. The third-order valence-electron chi connectivity index (χ3n) is 7.72. The molecule has 1 N–H and O–H groups in total. The van der Waals surface area contributed by atoms with E-state index in [1.807, 2.05) is 60.3 Å². The number of nitrogens with zero attached hydrogens (tertiary/aromatic N) is 2. The first kappa shape index (κ1) is 26.8. The van der Waals surface area contributed by atoms with Gasteiger partial charge >= 0.3 is 0 Å². The van der Waals surface area contributed by atoms with Crippen molar-refractivity contribution < 1.29 is 19.1 Å². The SMILES string of the molecule is CN(C)c1cccc(OCC(=O)N2CCC3(CCCCc4ccccc4OCCCC(=O)NC3)CC2)c1. The number of hydrogen-bond donors (Lipinski definition) is 1. The number of likely N-dealkylation sites (tertiary alicyclic amines) is 1. The van der Waals surface area contributed by atoms with Crippen molar-refractivity contribution in [1.29, 1.82) is 0 Å². The van der Waals surface area contributed by atoms with Gasteiger partial charge in [-0.25, -0.2) is 0 Å². The van der Waals surface area contributed by atoms with Crippen LogP contribution in [0.1, 0.15) is 50.5 Å². The molecule has 0 aromatic heterocycles. The van der Waals surface area contributed by atoms with E-state index in [2.05, 4.69) is 17.4 Å². The van der Waals surface area contributed by atoms with Gasteiger partial charge in [-0.1, -0.05) is 30.7 Å². The predicted molar refractivity (Wildman–Crippen MR) is 146 cm³/mol. The zero-order valence-corrected chi connectivity index (χ0v) is 22.3. The van der Waals surface area contributed by atoms with Gasteiger partial charge in [-0.05, 0) is 67.7 Å². The van der Waals surface area contributed by atoms with Crippen molar-refractivity contribution in [3.05, 3.63) is 54.1 Å². The fourth-order valence-corrected chi connectivity index (χ4v) is 5.29. The number of carbonyl (C=O) groups is 2. The highest BCUT2D eigenvalue weighted by atomic mass is 16.5. The van der Waals surface area contributed by atoms with Gasteiger partial charge in [-0.3, -0.25) is 9.59 Å². The lowest BCUT2D eigenvalue weighted by Crippen LogP contribution is -2.49. The Morgan fingerprint density at radius 1 is 1.03 bits per heavy atom. The van der Waals surface area contributed by atoms with Crippen molar-refractivity contribution in [2.45, 2.75) is 51.4 Å². The lowest BCUT2D eigenvalue weighted by atomic mass is 9.74. The molecule has 0 atom stereocenters. The smallest absolute Gasteiger partial charge is 0.260 e. The van der Waals surface area contributed by atoms with Crippen molar-refractivity contribution in [2.75, 3.05) is 51.8 Å². The van der Waals surface area contributed by atoms with E-state index >= 15 is 0 Å². The summed E-state index contributed by atoms with van der Waals surface area (Å²) in [6, 6.07) is 16.0. The summed E-state index contributed by atoms with van der Waals surface area (Å²) in [5.74, 6) is 1.75. The van der Waals surface area contributed by atoms with Crippen LogP contribution in [0, 0.1) is 5.41 Å². The second-order valence-electron chi connectivity index (χ2n) is 10.6. The number of benzene rings is 2. The molecule has 0 bridgehead atoms. The van der Waals surface area contributed by atoms with Gasteiger partial charge in [0.2, 0.25) is 5.91 Å². The summed E-state index contributed by atoms with van der Waals surface area (Å²) in [6.45, 7) is 2.67. The van der Waals surface area contributed by atoms with Crippen molar-refractivity contribution in [2.24, 2.45) is 5.41 Å². The highest BCUT2D eigenvalue weighted by Crippen LogP contribution is 2.37. The van der Waals surface area contributed by atoms with Gasteiger partial charge in [-0.2, -0.15) is 0 Å². The van der Waals surface area contributed by atoms with E-state index < -0.39 is 0 Å². The standard InChI is InChI=1S/C30H41N3O4/c1-32(2)25-11-7-12-26(21-25)37-22-29(35)33-18-16-30(17-19-33)15-6-5-10-24-9-3-4-13-27(24)36-20-8-14-28(34)31-23-30/h3-4,7,9,11-13,21H,5-6,8,10,14-20,22-23H2,1-2H3,(H,31,34). The molecule has 0 saturated carbocycles. The Bertz CT molecular complexity index is 1050. The number of ether oxygens (including phenoxy) is 2. The van der Waals surface area contributed by atoms with E-state index in [0.717, 1.165) is 50.0 Å². The summed E-state index contributed by atoms with van der Waals surface area (Å²) in [4.78, 5) is 29.4.